The van der Waals surface area contributed by atoms with Gasteiger partial charge in [-0.1, -0.05) is 32.9 Å². The number of ether oxygens (including phenoxy) is 3. The van der Waals surface area contributed by atoms with Gasteiger partial charge in [0.1, 0.15) is 5.69 Å². The second-order valence-electron chi connectivity index (χ2n) is 7.29. The van der Waals surface area contributed by atoms with Crippen molar-refractivity contribution >= 4 is 12.3 Å². The molecule has 6 heteroatoms. The first kappa shape index (κ1) is 21.6. The number of carbonyl (C=O) groups is 2. The maximum atomic E-state index is 12.4. The van der Waals surface area contributed by atoms with Crippen molar-refractivity contribution in [3.63, 3.8) is 0 Å². The number of pyridine rings is 1. The quantitative estimate of drug-likeness (QED) is 0.473. The summed E-state index contributed by atoms with van der Waals surface area (Å²) < 4.78 is 15.8. The summed E-state index contributed by atoms with van der Waals surface area (Å²) in [5.41, 5.74) is 2.60. The predicted molar refractivity (Wildman–Crippen MR) is 107 cm³/mol. The summed E-state index contributed by atoms with van der Waals surface area (Å²) in [4.78, 5) is 28.0. The second kappa shape index (κ2) is 9.46. The zero-order chi connectivity index (χ0) is 20.7. The number of aromatic nitrogens is 1. The first-order valence-corrected chi connectivity index (χ1v) is 9.14. The molecule has 150 valence electrons. The summed E-state index contributed by atoms with van der Waals surface area (Å²) in [5, 5.41) is 0. The van der Waals surface area contributed by atoms with Gasteiger partial charge in [0.25, 0.3) is 0 Å². The molecule has 0 saturated heterocycles. The predicted octanol–water partition coefficient (Wildman–Crippen LogP) is 4.31. The van der Waals surface area contributed by atoms with Crippen LogP contribution in [0.4, 0.5) is 0 Å². The molecule has 28 heavy (non-hydrogen) atoms. The standard InChI is InChI=1S/C22H27NO5/c1-6-22(2,3)14-28-13-15-7-8-16(18(11-15)21(25)27-5)17-9-10-20(26-4)23-19(17)12-24/h7-12H,6,13-14H2,1-5H3. The van der Waals surface area contributed by atoms with Crippen LogP contribution in [0.3, 0.4) is 0 Å². The Bertz CT molecular complexity index is 845. The van der Waals surface area contributed by atoms with Crippen LogP contribution in [0.1, 0.15) is 53.6 Å². The molecular formula is C22H27NO5. The molecule has 1 aromatic heterocycles. The Kier molecular flexibility index (Phi) is 7.29. The van der Waals surface area contributed by atoms with Gasteiger partial charge in [0.2, 0.25) is 5.88 Å². The molecule has 1 heterocycles. The highest BCUT2D eigenvalue weighted by atomic mass is 16.5. The van der Waals surface area contributed by atoms with Crippen molar-refractivity contribution in [3.8, 4) is 17.0 Å². The average Bonchev–Trinajstić information content (AvgIpc) is 2.72. The third-order valence-corrected chi connectivity index (χ3v) is 4.72. The number of rotatable bonds is 9. The number of benzene rings is 1. The van der Waals surface area contributed by atoms with Crippen molar-refractivity contribution in [1.29, 1.82) is 0 Å². The molecule has 0 atom stereocenters. The van der Waals surface area contributed by atoms with E-state index in [0.29, 0.717) is 42.1 Å². The summed E-state index contributed by atoms with van der Waals surface area (Å²) in [5.74, 6) is -0.160. The lowest BCUT2D eigenvalue weighted by Crippen LogP contribution is -2.18. The van der Waals surface area contributed by atoms with Crippen molar-refractivity contribution in [1.82, 2.24) is 4.98 Å². The molecule has 6 nitrogen and oxygen atoms in total. The van der Waals surface area contributed by atoms with Crippen LogP contribution in [0.15, 0.2) is 30.3 Å². The van der Waals surface area contributed by atoms with E-state index in [2.05, 4.69) is 25.8 Å². The lowest BCUT2D eigenvalue weighted by Gasteiger charge is -2.22. The van der Waals surface area contributed by atoms with Crippen LogP contribution in [-0.2, 0) is 16.1 Å². The fourth-order valence-corrected chi connectivity index (χ4v) is 2.63. The third-order valence-electron chi connectivity index (χ3n) is 4.72. The van der Waals surface area contributed by atoms with E-state index < -0.39 is 5.97 Å². The SMILES string of the molecule is CCC(C)(C)COCc1ccc(-c2ccc(OC)nc2C=O)c(C(=O)OC)c1. The van der Waals surface area contributed by atoms with E-state index in [9.17, 15) is 9.59 Å². The Balaban J connectivity index is 2.38. The molecule has 0 radical (unpaired) electrons. The molecule has 0 saturated carbocycles. The molecule has 0 bridgehead atoms. The van der Waals surface area contributed by atoms with Crippen LogP contribution in [0.2, 0.25) is 0 Å². The third kappa shape index (κ3) is 5.16. The second-order valence-corrected chi connectivity index (χ2v) is 7.29. The highest BCUT2D eigenvalue weighted by Gasteiger charge is 2.19. The number of hydrogen-bond donors (Lipinski definition) is 0. The van der Waals surface area contributed by atoms with Crippen LogP contribution in [0.5, 0.6) is 5.88 Å². The van der Waals surface area contributed by atoms with Gasteiger partial charge < -0.3 is 14.2 Å². The molecule has 2 rings (SSSR count). The summed E-state index contributed by atoms with van der Waals surface area (Å²) in [6.07, 6.45) is 1.65. The van der Waals surface area contributed by atoms with E-state index in [4.69, 9.17) is 14.2 Å². The van der Waals surface area contributed by atoms with Crippen molar-refractivity contribution in [3.05, 3.63) is 47.2 Å². The van der Waals surface area contributed by atoms with Gasteiger partial charge in [-0.05, 0) is 35.1 Å². The molecule has 0 spiro atoms. The van der Waals surface area contributed by atoms with E-state index in [1.165, 1.54) is 14.2 Å². The molecule has 0 N–H and O–H groups in total. The lowest BCUT2D eigenvalue weighted by molar-refractivity contribution is 0.0493. The smallest absolute Gasteiger partial charge is 0.338 e. The summed E-state index contributed by atoms with van der Waals surface area (Å²) in [7, 11) is 2.80. The zero-order valence-corrected chi connectivity index (χ0v) is 17.1. The number of aldehydes is 1. The first-order valence-electron chi connectivity index (χ1n) is 9.14. The topological polar surface area (TPSA) is 74.7 Å². The lowest BCUT2D eigenvalue weighted by atomic mass is 9.92. The molecule has 0 fully saturated rings. The normalized spacial score (nSPS) is 11.2. The van der Waals surface area contributed by atoms with Gasteiger partial charge in [-0.3, -0.25) is 4.79 Å². The largest absolute Gasteiger partial charge is 0.481 e. The molecule has 0 aliphatic rings. The van der Waals surface area contributed by atoms with Crippen molar-refractivity contribution in [2.75, 3.05) is 20.8 Å². The Morgan fingerprint density at radius 2 is 1.86 bits per heavy atom. The van der Waals surface area contributed by atoms with E-state index in [0.717, 1.165) is 12.0 Å². The minimum atomic E-state index is -0.488. The van der Waals surface area contributed by atoms with E-state index in [1.54, 1.807) is 24.3 Å². The van der Waals surface area contributed by atoms with Crippen LogP contribution in [-0.4, -0.2) is 38.1 Å². The van der Waals surface area contributed by atoms with E-state index >= 15 is 0 Å². The number of nitrogens with zero attached hydrogens (tertiary/aromatic N) is 1. The molecule has 0 amide bonds. The van der Waals surface area contributed by atoms with Crippen LogP contribution in [0.25, 0.3) is 11.1 Å². The molecule has 0 aliphatic heterocycles. The molecule has 2 aromatic rings. The number of methoxy groups -OCH3 is 2. The van der Waals surface area contributed by atoms with Crippen molar-refractivity contribution in [2.45, 2.75) is 33.8 Å². The highest BCUT2D eigenvalue weighted by Crippen LogP contribution is 2.29. The van der Waals surface area contributed by atoms with Crippen molar-refractivity contribution < 1.29 is 23.8 Å². The maximum Gasteiger partial charge on any atom is 0.338 e. The van der Waals surface area contributed by atoms with E-state index in [1.807, 2.05) is 6.07 Å². The Hall–Kier alpha value is -2.73. The van der Waals surface area contributed by atoms with Gasteiger partial charge in [-0.15, -0.1) is 0 Å². The molecule has 1 aromatic carbocycles. The van der Waals surface area contributed by atoms with Crippen LogP contribution < -0.4 is 4.74 Å². The zero-order valence-electron chi connectivity index (χ0n) is 17.1. The Morgan fingerprint density at radius 3 is 2.46 bits per heavy atom. The average molecular weight is 385 g/mol. The van der Waals surface area contributed by atoms with Crippen LogP contribution in [0, 0.1) is 5.41 Å². The van der Waals surface area contributed by atoms with Crippen LogP contribution >= 0.6 is 0 Å². The maximum absolute atomic E-state index is 12.4. The minimum absolute atomic E-state index is 0.0960. The summed E-state index contributed by atoms with van der Waals surface area (Å²) in [6, 6.07) is 8.75. The minimum Gasteiger partial charge on any atom is -0.481 e. The van der Waals surface area contributed by atoms with Gasteiger partial charge in [0.15, 0.2) is 6.29 Å². The monoisotopic (exact) mass is 385 g/mol. The highest BCUT2D eigenvalue weighted by molar-refractivity contribution is 5.99. The fraction of sp³-hybridized carbons (Fsp3) is 0.409. The van der Waals surface area contributed by atoms with Gasteiger partial charge in [-0.2, -0.15) is 0 Å². The van der Waals surface area contributed by atoms with E-state index in [-0.39, 0.29) is 11.1 Å². The summed E-state index contributed by atoms with van der Waals surface area (Å²) >= 11 is 0. The van der Waals surface area contributed by atoms with Gasteiger partial charge in [0, 0.05) is 11.6 Å². The Morgan fingerprint density at radius 1 is 1.14 bits per heavy atom. The van der Waals surface area contributed by atoms with Gasteiger partial charge in [0.05, 0.1) is 33.0 Å². The number of carbonyl (C=O) groups excluding carboxylic acids is 2. The number of hydrogen-bond acceptors (Lipinski definition) is 6. The van der Waals surface area contributed by atoms with Gasteiger partial charge >= 0.3 is 5.97 Å². The van der Waals surface area contributed by atoms with Crippen molar-refractivity contribution in [2.24, 2.45) is 5.41 Å². The first-order chi connectivity index (χ1) is 13.3. The van der Waals surface area contributed by atoms with Gasteiger partial charge in [-0.25, -0.2) is 9.78 Å². The molecule has 0 aliphatic carbocycles. The number of esters is 1. The fourth-order valence-electron chi connectivity index (χ4n) is 2.63. The summed E-state index contributed by atoms with van der Waals surface area (Å²) in [6.45, 7) is 7.42. The molecule has 0 unspecified atom stereocenters. The molecular weight excluding hydrogens is 358 g/mol. The Labute approximate surface area is 165 Å².